The van der Waals surface area contributed by atoms with Crippen LogP contribution in [0.3, 0.4) is 0 Å². The number of aliphatic hydroxyl groups is 1. The number of ether oxygens (including phenoxy) is 1. The number of rotatable bonds is 6. The molecule has 7 nitrogen and oxygen atoms in total. The van der Waals surface area contributed by atoms with Gasteiger partial charge in [0.2, 0.25) is 0 Å². The maximum atomic E-state index is 12.4. The third kappa shape index (κ3) is 5.56. The third-order valence-electron chi connectivity index (χ3n) is 7.25. The number of morpholine rings is 1. The number of fused-ring (bicyclic) bond motifs is 2. The van der Waals surface area contributed by atoms with E-state index in [2.05, 4.69) is 56.5 Å². The van der Waals surface area contributed by atoms with Gasteiger partial charge in [0.05, 0.1) is 12.7 Å². The Bertz CT molecular complexity index is 1310. The Morgan fingerprint density at radius 1 is 1.03 bits per heavy atom. The number of likely N-dealkylation sites (tertiary alicyclic amines) is 1. The van der Waals surface area contributed by atoms with Gasteiger partial charge in [0.15, 0.2) is 0 Å². The number of aliphatic hydroxyl groups excluding tert-OH is 1. The van der Waals surface area contributed by atoms with Crippen LogP contribution in [0.4, 0.5) is 11.4 Å². The van der Waals surface area contributed by atoms with Crippen LogP contribution < -0.4 is 15.8 Å². The zero-order chi connectivity index (χ0) is 25.2. The molecule has 37 heavy (non-hydrogen) atoms. The van der Waals surface area contributed by atoms with Crippen molar-refractivity contribution in [3.05, 3.63) is 70.6 Å². The average molecular weight is 537 g/mol. The van der Waals surface area contributed by atoms with Crippen molar-refractivity contribution in [2.75, 3.05) is 56.1 Å². The summed E-state index contributed by atoms with van der Waals surface area (Å²) in [5.41, 5.74) is 2.97. The number of anilines is 2. The van der Waals surface area contributed by atoms with Gasteiger partial charge in [0.25, 0.3) is 5.56 Å². The molecule has 4 heterocycles. The molecule has 2 fully saturated rings. The van der Waals surface area contributed by atoms with Crippen molar-refractivity contribution < 1.29 is 9.84 Å². The van der Waals surface area contributed by atoms with E-state index < -0.39 is 0 Å². The Kier molecular flexibility index (Phi) is 7.48. The highest BCUT2D eigenvalue weighted by Crippen LogP contribution is 2.51. The summed E-state index contributed by atoms with van der Waals surface area (Å²) in [7, 11) is 0. The summed E-state index contributed by atoms with van der Waals surface area (Å²) in [5, 5.41) is 13.3. The van der Waals surface area contributed by atoms with Gasteiger partial charge >= 0.3 is 0 Å². The summed E-state index contributed by atoms with van der Waals surface area (Å²) >= 11 is 3.62. The number of piperidine rings is 1. The van der Waals surface area contributed by atoms with Crippen LogP contribution in [0.15, 0.2) is 79.1 Å². The van der Waals surface area contributed by atoms with Gasteiger partial charge in [0, 0.05) is 70.7 Å². The minimum absolute atomic E-state index is 0.0590. The molecule has 3 N–H and O–H groups in total. The third-order valence-corrected chi connectivity index (χ3v) is 9.86. The van der Waals surface area contributed by atoms with Crippen molar-refractivity contribution >= 4 is 34.9 Å². The highest BCUT2D eigenvalue weighted by atomic mass is 32.2. The smallest absolute Gasteiger partial charge is 0.271 e. The van der Waals surface area contributed by atoms with Crippen LogP contribution >= 0.6 is 23.5 Å². The maximum absolute atomic E-state index is 12.4. The fourth-order valence-corrected chi connectivity index (χ4v) is 7.66. The Labute approximate surface area is 225 Å². The lowest BCUT2D eigenvalue weighted by atomic mass is 10.1. The average Bonchev–Trinajstić information content (AvgIpc) is 2.93. The Morgan fingerprint density at radius 3 is 2.78 bits per heavy atom. The first-order valence-corrected chi connectivity index (χ1v) is 14.6. The van der Waals surface area contributed by atoms with Gasteiger partial charge in [-0.05, 0) is 54.8 Å². The molecule has 3 aliphatic heterocycles. The molecule has 3 aromatic rings. The lowest BCUT2D eigenvalue weighted by Crippen LogP contribution is -2.41. The number of aromatic nitrogens is 1. The zero-order valence-electron chi connectivity index (χ0n) is 20.7. The largest absolute Gasteiger partial charge is 0.393 e. The van der Waals surface area contributed by atoms with Crippen molar-refractivity contribution in [2.24, 2.45) is 0 Å². The first-order valence-electron chi connectivity index (χ1n) is 13.0. The van der Waals surface area contributed by atoms with Crippen LogP contribution in [0.5, 0.6) is 0 Å². The monoisotopic (exact) mass is 536 g/mol. The predicted octanol–water partition coefficient (Wildman–Crippen LogP) is 4.44. The van der Waals surface area contributed by atoms with Crippen LogP contribution in [-0.4, -0.2) is 67.0 Å². The van der Waals surface area contributed by atoms with Gasteiger partial charge in [-0.15, -0.1) is 0 Å². The van der Waals surface area contributed by atoms with Gasteiger partial charge in [-0.25, -0.2) is 0 Å². The molecule has 3 aliphatic rings. The second-order valence-corrected chi connectivity index (χ2v) is 11.9. The second kappa shape index (κ2) is 11.1. The Balaban J connectivity index is 1.14. The molecule has 2 saturated heterocycles. The van der Waals surface area contributed by atoms with Crippen LogP contribution in [0.1, 0.15) is 24.5 Å². The summed E-state index contributed by atoms with van der Waals surface area (Å²) in [6.07, 6.45) is 3.21. The van der Waals surface area contributed by atoms with Crippen molar-refractivity contribution in [1.29, 1.82) is 0 Å². The number of hydrogen-bond donors (Lipinski definition) is 3. The molecule has 0 amide bonds. The topological polar surface area (TPSA) is 80.8 Å². The molecule has 0 saturated carbocycles. The Morgan fingerprint density at radius 2 is 1.92 bits per heavy atom. The van der Waals surface area contributed by atoms with Gasteiger partial charge in [0.1, 0.15) is 11.8 Å². The van der Waals surface area contributed by atoms with Crippen molar-refractivity contribution in [1.82, 2.24) is 9.88 Å². The van der Waals surface area contributed by atoms with Crippen LogP contribution in [0.25, 0.3) is 0 Å². The van der Waals surface area contributed by atoms with E-state index in [0.717, 1.165) is 44.7 Å². The minimum Gasteiger partial charge on any atom is -0.393 e. The molecule has 1 atom stereocenters. The first kappa shape index (κ1) is 24.9. The Hall–Kier alpha value is -2.43. The molecule has 0 spiro atoms. The van der Waals surface area contributed by atoms with E-state index in [1.807, 2.05) is 35.7 Å². The lowest BCUT2D eigenvalue weighted by Gasteiger charge is -2.35. The number of pyridine rings is 1. The van der Waals surface area contributed by atoms with Crippen molar-refractivity contribution in [2.45, 2.75) is 44.6 Å². The molecule has 0 aliphatic carbocycles. The molecule has 194 valence electrons. The summed E-state index contributed by atoms with van der Waals surface area (Å²) in [4.78, 5) is 24.7. The number of nitrogens with one attached hydrogen (secondary N) is 2. The summed E-state index contributed by atoms with van der Waals surface area (Å²) in [6.45, 7) is 5.79. The summed E-state index contributed by atoms with van der Waals surface area (Å²) in [6, 6.07) is 16.8. The van der Waals surface area contributed by atoms with E-state index >= 15 is 0 Å². The summed E-state index contributed by atoms with van der Waals surface area (Å²) in [5.74, 6) is 0. The number of benzene rings is 2. The predicted molar refractivity (Wildman–Crippen MR) is 149 cm³/mol. The van der Waals surface area contributed by atoms with E-state index in [0.29, 0.717) is 25.4 Å². The lowest BCUT2D eigenvalue weighted by molar-refractivity contribution is 0.0378. The SMILES string of the molecule is O=c1[nH]cccc1N1CCOC(c2cccc3c2Sc2ccc(NCCN4CCC(O)CC4)cc2S3)C1. The molecule has 0 radical (unpaired) electrons. The van der Waals surface area contributed by atoms with Crippen LogP contribution in [0.2, 0.25) is 0 Å². The molecular formula is C28H32N4O3S2. The standard InChI is InChI=1S/C28H32N4O3S2/c33-20-8-12-31(13-9-20)14-11-29-19-6-7-24-26(17-19)36-25-5-1-3-21(27(25)37-24)23-18-32(15-16-35-23)22-4-2-10-30-28(22)34/h1-7,10,17,20,23,29,33H,8-9,11-16,18H2,(H,30,34). The van der Waals surface area contributed by atoms with Crippen molar-refractivity contribution in [3.8, 4) is 0 Å². The van der Waals surface area contributed by atoms with E-state index in [-0.39, 0.29) is 17.8 Å². The number of H-pyrrole nitrogens is 1. The fraction of sp³-hybridized carbons (Fsp3) is 0.393. The van der Waals surface area contributed by atoms with Crippen LogP contribution in [0, 0.1) is 0 Å². The number of hydrogen-bond acceptors (Lipinski definition) is 8. The van der Waals surface area contributed by atoms with Crippen LogP contribution in [-0.2, 0) is 4.74 Å². The molecule has 1 unspecified atom stereocenters. The zero-order valence-corrected chi connectivity index (χ0v) is 22.3. The fourth-order valence-electron chi connectivity index (χ4n) is 5.21. The number of nitrogens with zero attached hydrogens (tertiary/aromatic N) is 2. The van der Waals surface area contributed by atoms with Gasteiger partial charge in [-0.2, -0.15) is 0 Å². The van der Waals surface area contributed by atoms with E-state index in [1.165, 1.54) is 25.1 Å². The molecule has 0 bridgehead atoms. The van der Waals surface area contributed by atoms with E-state index in [9.17, 15) is 9.90 Å². The maximum Gasteiger partial charge on any atom is 0.271 e. The van der Waals surface area contributed by atoms with E-state index in [1.54, 1.807) is 6.20 Å². The van der Waals surface area contributed by atoms with E-state index in [4.69, 9.17) is 4.74 Å². The molecule has 1 aromatic heterocycles. The normalized spacial score (nSPS) is 20.4. The van der Waals surface area contributed by atoms with Gasteiger partial charge < -0.3 is 29.9 Å². The molecular weight excluding hydrogens is 504 g/mol. The minimum atomic E-state index is -0.125. The quantitative estimate of drug-likeness (QED) is 0.334. The highest BCUT2D eigenvalue weighted by molar-refractivity contribution is 8.05. The van der Waals surface area contributed by atoms with Crippen molar-refractivity contribution in [3.63, 3.8) is 0 Å². The summed E-state index contributed by atoms with van der Waals surface area (Å²) < 4.78 is 6.22. The highest BCUT2D eigenvalue weighted by Gasteiger charge is 2.29. The first-order chi connectivity index (χ1) is 18.1. The number of aromatic amines is 1. The molecule has 6 rings (SSSR count). The van der Waals surface area contributed by atoms with Gasteiger partial charge in [-0.3, -0.25) is 4.79 Å². The molecule has 9 heteroatoms. The molecule has 2 aromatic carbocycles. The second-order valence-electron chi connectivity index (χ2n) is 9.73. The van der Waals surface area contributed by atoms with Gasteiger partial charge in [-0.1, -0.05) is 35.7 Å².